The van der Waals surface area contributed by atoms with Gasteiger partial charge in [-0.3, -0.25) is 23.5 Å². The van der Waals surface area contributed by atoms with Crippen molar-refractivity contribution in [3.05, 3.63) is 49.3 Å². The molecule has 1 saturated carbocycles. The summed E-state index contributed by atoms with van der Waals surface area (Å²) in [4.78, 5) is 58.7. The lowest BCUT2D eigenvalue weighted by Gasteiger charge is -2.25. The van der Waals surface area contributed by atoms with Crippen LogP contribution >= 0.6 is 0 Å². The molecule has 0 amide bonds. The minimum atomic E-state index is -0.505. The number of Topliss-reactive ketones (excluding diaryl/α,β-unsaturated/α-hetero) is 2. The van der Waals surface area contributed by atoms with E-state index in [1.807, 2.05) is 13.8 Å². The molecule has 2 bridgehead atoms. The number of carbonyl (C=O) groups is 2. The molecule has 33 heavy (non-hydrogen) atoms. The summed E-state index contributed by atoms with van der Waals surface area (Å²) in [6.07, 6.45) is 5.52. The Hall–Kier alpha value is -2.83. The lowest BCUT2D eigenvalue weighted by Crippen LogP contribution is -2.42. The average Bonchev–Trinajstić information content (AvgIpc) is 3.38. The summed E-state index contributed by atoms with van der Waals surface area (Å²) in [6, 6.07) is 0. The number of rotatable bonds is 6. The highest BCUT2D eigenvalue weighted by Crippen LogP contribution is 2.52. The minimum Gasteiger partial charge on any atom is -0.289 e. The van der Waals surface area contributed by atoms with E-state index in [0.717, 1.165) is 25.7 Å². The SMILES string of the molecule is CC(C)CCn1c(=O)c2c3c(cnc2n(CCC(C)C)c1=O)C(=O)C1=C(C3=O)C2CCC1C2. The molecule has 7 nitrogen and oxygen atoms in total. The molecule has 2 unspecified atom stereocenters. The Labute approximate surface area is 192 Å². The second-order valence-electron chi connectivity index (χ2n) is 10.7. The van der Waals surface area contributed by atoms with Crippen molar-refractivity contribution in [1.82, 2.24) is 14.1 Å². The monoisotopic (exact) mass is 449 g/mol. The van der Waals surface area contributed by atoms with Crippen LogP contribution in [-0.4, -0.2) is 25.7 Å². The third kappa shape index (κ3) is 3.27. The first-order chi connectivity index (χ1) is 15.7. The number of nitrogens with zero attached hydrogens (tertiary/aromatic N) is 3. The zero-order valence-electron chi connectivity index (χ0n) is 19.8. The van der Waals surface area contributed by atoms with E-state index in [1.165, 1.54) is 15.3 Å². The smallest absolute Gasteiger partial charge is 0.289 e. The van der Waals surface area contributed by atoms with E-state index in [-0.39, 0.29) is 52.1 Å². The number of hydrogen-bond acceptors (Lipinski definition) is 5. The van der Waals surface area contributed by atoms with E-state index >= 15 is 0 Å². The van der Waals surface area contributed by atoms with Crippen molar-refractivity contribution in [2.45, 2.75) is 72.9 Å². The Morgan fingerprint density at radius 3 is 2.06 bits per heavy atom. The largest absolute Gasteiger partial charge is 0.332 e. The van der Waals surface area contributed by atoms with Gasteiger partial charge in [0.1, 0.15) is 5.65 Å². The molecule has 0 aromatic carbocycles. The highest BCUT2D eigenvalue weighted by atomic mass is 16.2. The lowest BCUT2D eigenvalue weighted by atomic mass is 9.77. The van der Waals surface area contributed by atoms with Crippen LogP contribution in [0.2, 0.25) is 0 Å². The van der Waals surface area contributed by atoms with Gasteiger partial charge in [-0.05, 0) is 55.8 Å². The number of aromatic nitrogens is 3. The van der Waals surface area contributed by atoms with Crippen LogP contribution in [0, 0.1) is 23.7 Å². The second kappa shape index (κ2) is 7.89. The van der Waals surface area contributed by atoms with Crippen LogP contribution in [-0.2, 0) is 13.1 Å². The normalized spacial score (nSPS) is 21.6. The van der Waals surface area contributed by atoms with Crippen molar-refractivity contribution >= 4 is 22.6 Å². The molecule has 3 aliphatic carbocycles. The fourth-order valence-corrected chi connectivity index (χ4v) is 5.79. The number of fused-ring (bicyclic) bond motifs is 7. The summed E-state index contributed by atoms with van der Waals surface area (Å²) in [7, 11) is 0. The van der Waals surface area contributed by atoms with Crippen molar-refractivity contribution in [2.75, 3.05) is 0 Å². The van der Waals surface area contributed by atoms with Gasteiger partial charge in [-0.25, -0.2) is 9.78 Å². The maximum absolute atomic E-state index is 13.8. The van der Waals surface area contributed by atoms with Gasteiger partial charge in [-0.15, -0.1) is 0 Å². The summed E-state index contributed by atoms with van der Waals surface area (Å²) in [5.41, 5.74) is 0.976. The molecule has 0 N–H and O–H groups in total. The molecule has 2 aromatic rings. The summed E-state index contributed by atoms with van der Waals surface area (Å²) in [6.45, 7) is 8.90. The zero-order valence-corrected chi connectivity index (χ0v) is 19.8. The van der Waals surface area contributed by atoms with Gasteiger partial charge in [-0.2, -0.15) is 0 Å². The van der Waals surface area contributed by atoms with E-state index in [1.54, 1.807) is 0 Å². The van der Waals surface area contributed by atoms with E-state index in [9.17, 15) is 19.2 Å². The predicted octanol–water partition coefficient (Wildman–Crippen LogP) is 3.76. The van der Waals surface area contributed by atoms with Crippen LogP contribution in [0.1, 0.15) is 80.5 Å². The summed E-state index contributed by atoms with van der Waals surface area (Å²) < 4.78 is 2.77. The molecule has 7 heteroatoms. The van der Waals surface area contributed by atoms with E-state index in [0.29, 0.717) is 35.9 Å². The molecule has 2 atom stereocenters. The summed E-state index contributed by atoms with van der Waals surface area (Å²) in [5, 5.41) is 0.132. The van der Waals surface area contributed by atoms with Crippen molar-refractivity contribution in [1.29, 1.82) is 0 Å². The van der Waals surface area contributed by atoms with E-state index < -0.39 is 11.2 Å². The maximum atomic E-state index is 13.8. The Balaban J connectivity index is 1.79. The summed E-state index contributed by atoms with van der Waals surface area (Å²) >= 11 is 0. The van der Waals surface area contributed by atoms with Crippen molar-refractivity contribution in [3.63, 3.8) is 0 Å². The fourth-order valence-electron chi connectivity index (χ4n) is 5.79. The highest BCUT2D eigenvalue weighted by molar-refractivity contribution is 6.31. The van der Waals surface area contributed by atoms with Crippen molar-refractivity contribution < 1.29 is 9.59 Å². The van der Waals surface area contributed by atoms with Gasteiger partial charge in [0.05, 0.1) is 16.5 Å². The average molecular weight is 450 g/mol. The van der Waals surface area contributed by atoms with Crippen molar-refractivity contribution in [3.8, 4) is 0 Å². The predicted molar refractivity (Wildman–Crippen MR) is 126 cm³/mol. The molecule has 0 radical (unpaired) electrons. The second-order valence-corrected chi connectivity index (χ2v) is 10.7. The molecule has 1 fully saturated rings. The van der Waals surface area contributed by atoms with Crippen LogP contribution < -0.4 is 11.2 Å². The van der Waals surface area contributed by atoms with Gasteiger partial charge in [-0.1, -0.05) is 27.7 Å². The van der Waals surface area contributed by atoms with Gasteiger partial charge in [0, 0.05) is 30.4 Å². The fraction of sp³-hybridized carbons (Fsp3) is 0.577. The standard InChI is InChI=1S/C26H31N3O4/c1-13(2)7-9-28-24-21(25(32)29(26(28)33)10-8-14(3)4)20-17(12-27-24)22(30)18-15-5-6-16(11-15)19(18)23(20)31/h12-16H,5-11H2,1-4H3. The molecule has 2 aromatic heterocycles. The quantitative estimate of drug-likeness (QED) is 0.670. The number of hydrogen-bond donors (Lipinski definition) is 0. The molecule has 2 heterocycles. The molecule has 0 aliphatic heterocycles. The highest BCUT2D eigenvalue weighted by Gasteiger charge is 2.49. The van der Waals surface area contributed by atoms with E-state index in [2.05, 4.69) is 18.8 Å². The Kier molecular flexibility index (Phi) is 5.26. The van der Waals surface area contributed by atoms with Crippen LogP contribution in [0.25, 0.3) is 11.0 Å². The molecule has 3 aliphatic rings. The third-order valence-corrected chi connectivity index (χ3v) is 7.60. The Bertz CT molecular complexity index is 1340. The molecule has 174 valence electrons. The minimum absolute atomic E-state index is 0.104. The molecule has 5 rings (SSSR count). The summed E-state index contributed by atoms with van der Waals surface area (Å²) in [5.74, 6) is 0.547. The first-order valence-corrected chi connectivity index (χ1v) is 12.2. The van der Waals surface area contributed by atoms with Gasteiger partial charge in [0.15, 0.2) is 11.6 Å². The third-order valence-electron chi connectivity index (χ3n) is 7.60. The van der Waals surface area contributed by atoms with Crippen LogP contribution in [0.4, 0.5) is 0 Å². The van der Waals surface area contributed by atoms with E-state index in [4.69, 9.17) is 0 Å². The van der Waals surface area contributed by atoms with Gasteiger partial charge < -0.3 is 0 Å². The van der Waals surface area contributed by atoms with Gasteiger partial charge in [0.25, 0.3) is 5.56 Å². The lowest BCUT2D eigenvalue weighted by molar-refractivity contribution is 0.0963. The maximum Gasteiger partial charge on any atom is 0.332 e. The number of carbonyl (C=O) groups excluding carboxylic acids is 2. The first-order valence-electron chi connectivity index (χ1n) is 12.2. The molecular weight excluding hydrogens is 418 g/mol. The van der Waals surface area contributed by atoms with Crippen LogP contribution in [0.15, 0.2) is 26.9 Å². The van der Waals surface area contributed by atoms with Crippen LogP contribution in [0.3, 0.4) is 0 Å². The van der Waals surface area contributed by atoms with Gasteiger partial charge in [0.2, 0.25) is 0 Å². The number of pyridine rings is 1. The number of aryl methyl sites for hydroxylation is 1. The van der Waals surface area contributed by atoms with Crippen molar-refractivity contribution in [2.24, 2.45) is 23.7 Å². The van der Waals surface area contributed by atoms with Gasteiger partial charge >= 0.3 is 5.69 Å². The number of ketones is 2. The van der Waals surface area contributed by atoms with Crippen LogP contribution in [0.5, 0.6) is 0 Å². The molecule has 0 saturated heterocycles. The Morgan fingerprint density at radius 2 is 1.45 bits per heavy atom. The number of allylic oxidation sites excluding steroid dienone is 2. The molecular formula is C26H31N3O4. The topological polar surface area (TPSA) is 91.0 Å². The molecule has 0 spiro atoms. The first kappa shape index (κ1) is 22.0. The zero-order chi connectivity index (χ0) is 23.6. The Morgan fingerprint density at radius 1 is 0.879 bits per heavy atom.